The van der Waals surface area contributed by atoms with Crippen LogP contribution in [0, 0.1) is 0 Å². The molecule has 140 valence electrons. The number of aliphatic hydroxyl groups is 1. The first-order valence-electron chi connectivity index (χ1n) is 8.74. The minimum atomic E-state index is -0.714. The summed E-state index contributed by atoms with van der Waals surface area (Å²) >= 11 is 0. The number of hydrogen-bond acceptors (Lipinski definition) is 6. The average molecular weight is 365 g/mol. The van der Waals surface area contributed by atoms with E-state index in [-0.39, 0.29) is 6.04 Å². The minimum absolute atomic E-state index is 0.289. The fraction of sp³-hybridized carbons (Fsp3) is 0.238. The van der Waals surface area contributed by atoms with E-state index in [9.17, 15) is 5.11 Å². The molecule has 3 rings (SSSR count). The van der Waals surface area contributed by atoms with Crippen molar-refractivity contribution in [1.29, 1.82) is 0 Å². The molecule has 0 aliphatic heterocycles. The Morgan fingerprint density at radius 3 is 2.48 bits per heavy atom. The Labute approximate surface area is 158 Å². The number of nitrogens with one attached hydrogen (secondary N) is 1. The van der Waals surface area contributed by atoms with E-state index < -0.39 is 6.10 Å². The van der Waals surface area contributed by atoms with E-state index in [1.165, 1.54) is 0 Å². The Bertz CT molecular complexity index is 841. The van der Waals surface area contributed by atoms with Crippen LogP contribution in [0.15, 0.2) is 66.9 Å². The molecule has 2 aromatic carbocycles. The molecule has 2 N–H and O–H groups in total. The predicted octanol–water partition coefficient (Wildman–Crippen LogP) is 3.60. The molecule has 1 heterocycles. The smallest absolute Gasteiger partial charge is 0.226 e. The lowest BCUT2D eigenvalue weighted by atomic mass is 10.0. The second kappa shape index (κ2) is 9.00. The zero-order valence-electron chi connectivity index (χ0n) is 15.4. The van der Waals surface area contributed by atoms with Crippen molar-refractivity contribution >= 4 is 5.95 Å². The molecule has 0 saturated carbocycles. The Morgan fingerprint density at radius 1 is 1.04 bits per heavy atom. The topological polar surface area (TPSA) is 76.5 Å². The first-order valence-corrected chi connectivity index (χ1v) is 8.74. The molecule has 1 aromatic heterocycles. The highest BCUT2D eigenvalue weighted by molar-refractivity contribution is 5.33. The molecule has 0 saturated heterocycles. The van der Waals surface area contributed by atoms with Crippen LogP contribution in [0.25, 0.3) is 0 Å². The van der Waals surface area contributed by atoms with Gasteiger partial charge in [-0.3, -0.25) is 0 Å². The van der Waals surface area contributed by atoms with Crippen LogP contribution >= 0.6 is 0 Å². The Hall–Kier alpha value is -3.12. The number of rotatable bonds is 8. The van der Waals surface area contributed by atoms with Crippen LogP contribution in [0.2, 0.25) is 0 Å². The molecule has 0 aliphatic rings. The summed E-state index contributed by atoms with van der Waals surface area (Å²) in [6.45, 7) is 2.30. The van der Waals surface area contributed by atoms with Crippen molar-refractivity contribution in [2.45, 2.75) is 25.7 Å². The third-order valence-corrected chi connectivity index (χ3v) is 4.15. The molecule has 0 amide bonds. The fourth-order valence-electron chi connectivity index (χ4n) is 2.60. The summed E-state index contributed by atoms with van der Waals surface area (Å²) in [5.41, 5.74) is 1.85. The van der Waals surface area contributed by atoms with E-state index in [0.717, 1.165) is 16.9 Å². The molecule has 27 heavy (non-hydrogen) atoms. The summed E-state index contributed by atoms with van der Waals surface area (Å²) in [6, 6.07) is 18.6. The van der Waals surface area contributed by atoms with Crippen LogP contribution in [0.1, 0.15) is 24.2 Å². The van der Waals surface area contributed by atoms with Gasteiger partial charge in [0.25, 0.3) is 0 Å². The van der Waals surface area contributed by atoms with Crippen molar-refractivity contribution in [2.75, 3.05) is 12.4 Å². The number of aliphatic hydroxyl groups excluding tert-OH is 1. The van der Waals surface area contributed by atoms with E-state index in [1.54, 1.807) is 19.4 Å². The maximum absolute atomic E-state index is 10.5. The van der Waals surface area contributed by atoms with Crippen LogP contribution in [0.4, 0.5) is 5.95 Å². The molecule has 0 bridgehead atoms. The van der Waals surface area contributed by atoms with E-state index in [4.69, 9.17) is 9.47 Å². The van der Waals surface area contributed by atoms with Gasteiger partial charge in [0, 0.05) is 12.3 Å². The quantitative estimate of drug-likeness (QED) is 0.635. The van der Waals surface area contributed by atoms with Gasteiger partial charge in [0.15, 0.2) is 0 Å². The van der Waals surface area contributed by atoms with Crippen molar-refractivity contribution in [1.82, 2.24) is 9.97 Å². The van der Waals surface area contributed by atoms with Gasteiger partial charge < -0.3 is 19.9 Å². The highest BCUT2D eigenvalue weighted by Gasteiger charge is 2.17. The summed E-state index contributed by atoms with van der Waals surface area (Å²) in [5.74, 6) is 1.63. The standard InChI is InChI=1S/C21H23N3O3/c1-15(20(25)17-8-10-18(26-2)11-9-17)23-21-22-13-12-19(24-21)27-14-16-6-4-3-5-7-16/h3-13,15,20,25H,14H2,1-2H3,(H,22,23,24)/t15-,20+/m1/s1. The summed E-state index contributed by atoms with van der Waals surface area (Å²) in [5, 5.41) is 13.7. The van der Waals surface area contributed by atoms with Crippen LogP contribution in [0.3, 0.4) is 0 Å². The van der Waals surface area contributed by atoms with Gasteiger partial charge in [-0.15, -0.1) is 0 Å². The van der Waals surface area contributed by atoms with E-state index in [0.29, 0.717) is 18.4 Å². The van der Waals surface area contributed by atoms with Gasteiger partial charge in [-0.05, 0) is 30.2 Å². The molecule has 0 aliphatic carbocycles. The van der Waals surface area contributed by atoms with Crippen molar-refractivity contribution in [3.63, 3.8) is 0 Å². The van der Waals surface area contributed by atoms with Gasteiger partial charge in [0.05, 0.1) is 19.3 Å². The summed E-state index contributed by atoms with van der Waals surface area (Å²) in [4.78, 5) is 8.56. The van der Waals surface area contributed by atoms with E-state index in [2.05, 4.69) is 15.3 Å². The number of nitrogens with zero attached hydrogens (tertiary/aromatic N) is 2. The lowest BCUT2D eigenvalue weighted by Crippen LogP contribution is -2.25. The minimum Gasteiger partial charge on any atom is -0.497 e. The largest absolute Gasteiger partial charge is 0.497 e. The Kier molecular flexibility index (Phi) is 6.22. The average Bonchev–Trinajstić information content (AvgIpc) is 2.73. The van der Waals surface area contributed by atoms with Crippen molar-refractivity contribution in [2.24, 2.45) is 0 Å². The lowest BCUT2D eigenvalue weighted by Gasteiger charge is -2.21. The molecular weight excluding hydrogens is 342 g/mol. The molecule has 6 heteroatoms. The van der Waals surface area contributed by atoms with Gasteiger partial charge in [-0.1, -0.05) is 42.5 Å². The molecule has 0 fully saturated rings. The highest BCUT2D eigenvalue weighted by Crippen LogP contribution is 2.22. The molecular formula is C21H23N3O3. The van der Waals surface area contributed by atoms with Crippen LogP contribution in [0.5, 0.6) is 11.6 Å². The number of aromatic nitrogens is 2. The van der Waals surface area contributed by atoms with Gasteiger partial charge in [-0.25, -0.2) is 4.98 Å². The zero-order chi connectivity index (χ0) is 19.1. The van der Waals surface area contributed by atoms with Crippen molar-refractivity contribution in [3.8, 4) is 11.6 Å². The summed E-state index contributed by atoms with van der Waals surface area (Å²) < 4.78 is 10.9. The van der Waals surface area contributed by atoms with Crippen molar-refractivity contribution in [3.05, 3.63) is 78.0 Å². The van der Waals surface area contributed by atoms with Gasteiger partial charge in [-0.2, -0.15) is 4.98 Å². The SMILES string of the molecule is COc1ccc([C@@H](O)[C@@H](C)Nc2nccc(OCc3ccccc3)n2)cc1. The molecule has 0 spiro atoms. The lowest BCUT2D eigenvalue weighted by molar-refractivity contribution is 0.160. The molecule has 0 radical (unpaired) electrons. The van der Waals surface area contributed by atoms with Gasteiger partial charge >= 0.3 is 0 Å². The molecule has 2 atom stereocenters. The molecule has 6 nitrogen and oxygen atoms in total. The third kappa shape index (κ3) is 5.18. The predicted molar refractivity (Wildman–Crippen MR) is 104 cm³/mol. The number of hydrogen-bond donors (Lipinski definition) is 2. The summed E-state index contributed by atoms with van der Waals surface area (Å²) in [7, 11) is 1.61. The molecule has 0 unspecified atom stereocenters. The number of methoxy groups -OCH3 is 1. The number of anilines is 1. The first kappa shape index (κ1) is 18.7. The Balaban J connectivity index is 1.60. The number of ether oxygens (including phenoxy) is 2. The van der Waals surface area contributed by atoms with Crippen LogP contribution < -0.4 is 14.8 Å². The Morgan fingerprint density at radius 2 is 1.78 bits per heavy atom. The van der Waals surface area contributed by atoms with Crippen LogP contribution in [-0.4, -0.2) is 28.2 Å². The zero-order valence-corrected chi connectivity index (χ0v) is 15.4. The fourth-order valence-corrected chi connectivity index (χ4v) is 2.60. The normalized spacial score (nSPS) is 12.9. The summed E-state index contributed by atoms with van der Waals surface area (Å²) in [6.07, 6.45) is 0.913. The second-order valence-corrected chi connectivity index (χ2v) is 6.14. The highest BCUT2D eigenvalue weighted by atomic mass is 16.5. The van der Waals surface area contributed by atoms with E-state index >= 15 is 0 Å². The first-order chi connectivity index (χ1) is 13.2. The van der Waals surface area contributed by atoms with Gasteiger partial charge in [0.1, 0.15) is 12.4 Å². The third-order valence-electron chi connectivity index (χ3n) is 4.15. The van der Waals surface area contributed by atoms with Crippen molar-refractivity contribution < 1.29 is 14.6 Å². The van der Waals surface area contributed by atoms with Crippen LogP contribution in [-0.2, 0) is 6.61 Å². The molecule has 3 aromatic rings. The van der Waals surface area contributed by atoms with E-state index in [1.807, 2.05) is 61.5 Å². The monoisotopic (exact) mass is 365 g/mol. The number of benzene rings is 2. The maximum atomic E-state index is 10.5. The van der Waals surface area contributed by atoms with Gasteiger partial charge in [0.2, 0.25) is 11.8 Å². The second-order valence-electron chi connectivity index (χ2n) is 6.14. The maximum Gasteiger partial charge on any atom is 0.226 e.